The molecule has 3 N–H and O–H groups in total. The maximum absolute atomic E-state index is 5.91. The van der Waals surface area contributed by atoms with Gasteiger partial charge in [-0.3, -0.25) is 5.10 Å². The molecule has 6 nitrogen and oxygen atoms in total. The van der Waals surface area contributed by atoms with E-state index in [1.807, 2.05) is 24.3 Å². The Morgan fingerprint density at radius 2 is 2.11 bits per heavy atom. The van der Waals surface area contributed by atoms with Gasteiger partial charge in [-0.1, -0.05) is 23.4 Å². The molecule has 3 rings (SSSR count). The van der Waals surface area contributed by atoms with Crippen molar-refractivity contribution in [1.29, 1.82) is 0 Å². The Labute approximate surface area is 109 Å². The first-order valence-corrected chi connectivity index (χ1v) is 5.69. The molecule has 0 unspecified atom stereocenters. The summed E-state index contributed by atoms with van der Waals surface area (Å²) < 4.78 is 10.6. The van der Waals surface area contributed by atoms with E-state index >= 15 is 0 Å². The van der Waals surface area contributed by atoms with E-state index in [-0.39, 0.29) is 0 Å². The summed E-state index contributed by atoms with van der Waals surface area (Å²) in [5, 5.41) is 10.6. The summed E-state index contributed by atoms with van der Waals surface area (Å²) in [6, 6.07) is 9.35. The van der Waals surface area contributed by atoms with Gasteiger partial charge in [-0.25, -0.2) is 0 Å². The van der Waals surface area contributed by atoms with Crippen LogP contribution >= 0.6 is 0 Å². The van der Waals surface area contributed by atoms with Crippen molar-refractivity contribution in [3.05, 3.63) is 36.5 Å². The van der Waals surface area contributed by atoms with Crippen LogP contribution < -0.4 is 10.5 Å². The number of nitrogens with two attached hydrogens (primary N) is 1. The Hall–Kier alpha value is -2.76. The molecule has 3 aromatic rings. The number of H-pyrrole nitrogens is 1. The highest BCUT2D eigenvalue weighted by Gasteiger charge is 2.21. The SMILES string of the molecule is COc1ccccc1-c1c(N)noc1-c1ccn[nH]1. The fourth-order valence-electron chi connectivity index (χ4n) is 1.98. The average Bonchev–Trinajstić information content (AvgIpc) is 3.07. The highest BCUT2D eigenvalue weighted by Crippen LogP contribution is 2.39. The first kappa shape index (κ1) is 11.3. The maximum atomic E-state index is 5.91. The predicted molar refractivity (Wildman–Crippen MR) is 70.5 cm³/mol. The molecular weight excluding hydrogens is 244 g/mol. The van der Waals surface area contributed by atoms with Crippen LogP contribution in [0.1, 0.15) is 0 Å². The molecule has 0 saturated heterocycles. The van der Waals surface area contributed by atoms with Crippen LogP contribution in [0.4, 0.5) is 5.82 Å². The van der Waals surface area contributed by atoms with Crippen molar-refractivity contribution in [2.45, 2.75) is 0 Å². The van der Waals surface area contributed by atoms with Gasteiger partial charge in [0.2, 0.25) is 0 Å². The number of nitrogens with one attached hydrogen (secondary N) is 1. The Kier molecular flexibility index (Phi) is 2.68. The highest BCUT2D eigenvalue weighted by molar-refractivity contribution is 5.88. The molecule has 0 atom stereocenters. The smallest absolute Gasteiger partial charge is 0.194 e. The fourth-order valence-corrected chi connectivity index (χ4v) is 1.98. The third-order valence-electron chi connectivity index (χ3n) is 2.84. The molecule has 19 heavy (non-hydrogen) atoms. The molecule has 6 heteroatoms. The summed E-state index contributed by atoms with van der Waals surface area (Å²) in [4.78, 5) is 0. The molecule has 2 aromatic heterocycles. The van der Waals surface area contributed by atoms with Crippen molar-refractivity contribution < 1.29 is 9.26 Å². The number of hydrogen-bond acceptors (Lipinski definition) is 5. The second-order valence-electron chi connectivity index (χ2n) is 3.94. The number of hydrogen-bond donors (Lipinski definition) is 2. The first-order valence-electron chi connectivity index (χ1n) is 5.69. The molecule has 0 saturated carbocycles. The summed E-state index contributed by atoms with van der Waals surface area (Å²) >= 11 is 0. The molecule has 0 radical (unpaired) electrons. The molecule has 0 bridgehead atoms. The molecule has 1 aromatic carbocycles. The molecule has 96 valence electrons. The third-order valence-corrected chi connectivity index (χ3v) is 2.84. The number of anilines is 1. The number of rotatable bonds is 3. The lowest BCUT2D eigenvalue weighted by Gasteiger charge is -2.07. The standard InChI is InChI=1S/C13H12N4O2/c1-18-10-5-3-2-4-8(10)11-12(19-17-13(11)14)9-6-7-15-16-9/h2-7H,1H3,(H2,14,17)(H,15,16). The zero-order valence-electron chi connectivity index (χ0n) is 10.3. The number of para-hydroxylation sites is 1. The van der Waals surface area contributed by atoms with E-state index in [0.29, 0.717) is 28.6 Å². The van der Waals surface area contributed by atoms with Crippen LogP contribution in [0.15, 0.2) is 41.1 Å². The predicted octanol–water partition coefficient (Wildman–Crippen LogP) is 2.32. The van der Waals surface area contributed by atoms with E-state index in [1.165, 1.54) is 0 Å². The number of aromatic amines is 1. The second kappa shape index (κ2) is 4.49. The molecule has 0 amide bonds. The summed E-state index contributed by atoms with van der Waals surface area (Å²) in [6.45, 7) is 0. The number of methoxy groups -OCH3 is 1. The van der Waals surface area contributed by atoms with Crippen LogP contribution in [0.25, 0.3) is 22.6 Å². The quantitative estimate of drug-likeness (QED) is 0.750. The van der Waals surface area contributed by atoms with Crippen molar-refractivity contribution in [1.82, 2.24) is 15.4 Å². The van der Waals surface area contributed by atoms with Gasteiger partial charge in [-0.05, 0) is 12.1 Å². The fraction of sp³-hybridized carbons (Fsp3) is 0.0769. The Morgan fingerprint density at radius 1 is 1.26 bits per heavy atom. The van der Waals surface area contributed by atoms with Gasteiger partial charge in [0.15, 0.2) is 11.6 Å². The lowest BCUT2D eigenvalue weighted by atomic mass is 10.0. The minimum absolute atomic E-state index is 0.314. The number of ether oxygens (including phenoxy) is 1. The number of aromatic nitrogens is 3. The third kappa shape index (κ3) is 1.83. The van der Waals surface area contributed by atoms with Crippen LogP contribution in [0.2, 0.25) is 0 Å². The zero-order chi connectivity index (χ0) is 13.2. The summed E-state index contributed by atoms with van der Waals surface area (Å²) in [5.74, 6) is 1.56. The van der Waals surface area contributed by atoms with Gasteiger partial charge >= 0.3 is 0 Å². The van der Waals surface area contributed by atoms with Crippen molar-refractivity contribution in [3.63, 3.8) is 0 Å². The molecule has 0 fully saturated rings. The topological polar surface area (TPSA) is 90.0 Å². The minimum Gasteiger partial charge on any atom is -0.496 e. The van der Waals surface area contributed by atoms with Gasteiger partial charge < -0.3 is 15.0 Å². The Balaban J connectivity index is 2.23. The molecule has 0 aliphatic rings. The normalized spacial score (nSPS) is 10.6. The van der Waals surface area contributed by atoms with Gasteiger partial charge in [-0.15, -0.1) is 0 Å². The number of benzene rings is 1. The Morgan fingerprint density at radius 3 is 2.84 bits per heavy atom. The van der Waals surface area contributed by atoms with Crippen molar-refractivity contribution in [2.75, 3.05) is 12.8 Å². The van der Waals surface area contributed by atoms with Crippen molar-refractivity contribution in [3.8, 4) is 28.3 Å². The maximum Gasteiger partial charge on any atom is 0.194 e. The molecule has 2 heterocycles. The summed E-state index contributed by atoms with van der Waals surface area (Å²) in [5.41, 5.74) is 8.14. The van der Waals surface area contributed by atoms with Gasteiger partial charge in [0, 0.05) is 11.8 Å². The van der Waals surface area contributed by atoms with Crippen molar-refractivity contribution in [2.24, 2.45) is 0 Å². The van der Waals surface area contributed by atoms with Gasteiger partial charge in [0.1, 0.15) is 11.4 Å². The van der Waals surface area contributed by atoms with Gasteiger partial charge in [-0.2, -0.15) is 5.10 Å². The average molecular weight is 256 g/mol. The van der Waals surface area contributed by atoms with E-state index in [2.05, 4.69) is 15.4 Å². The van der Waals surface area contributed by atoms with Crippen LogP contribution in [0.5, 0.6) is 5.75 Å². The molecule has 0 spiro atoms. The highest BCUT2D eigenvalue weighted by atomic mass is 16.5. The Bertz CT molecular complexity index is 688. The minimum atomic E-state index is 0.314. The second-order valence-corrected chi connectivity index (χ2v) is 3.94. The summed E-state index contributed by atoms with van der Waals surface area (Å²) in [7, 11) is 1.61. The lowest BCUT2D eigenvalue weighted by molar-refractivity contribution is 0.416. The van der Waals surface area contributed by atoms with E-state index in [1.54, 1.807) is 19.4 Å². The molecular formula is C13H12N4O2. The van der Waals surface area contributed by atoms with E-state index in [0.717, 1.165) is 5.56 Å². The van der Waals surface area contributed by atoms with E-state index in [9.17, 15) is 0 Å². The zero-order valence-corrected chi connectivity index (χ0v) is 10.3. The van der Waals surface area contributed by atoms with Crippen LogP contribution in [0.3, 0.4) is 0 Å². The van der Waals surface area contributed by atoms with E-state index < -0.39 is 0 Å². The van der Waals surface area contributed by atoms with Gasteiger partial charge in [0.25, 0.3) is 0 Å². The number of nitrogen functional groups attached to an aromatic ring is 1. The van der Waals surface area contributed by atoms with E-state index in [4.69, 9.17) is 15.0 Å². The number of nitrogens with zero attached hydrogens (tertiary/aromatic N) is 2. The lowest BCUT2D eigenvalue weighted by Crippen LogP contribution is -1.92. The molecule has 0 aliphatic heterocycles. The van der Waals surface area contributed by atoms with Crippen molar-refractivity contribution >= 4 is 5.82 Å². The molecule has 0 aliphatic carbocycles. The van der Waals surface area contributed by atoms with Crippen LogP contribution in [-0.4, -0.2) is 22.5 Å². The van der Waals surface area contributed by atoms with Crippen LogP contribution in [-0.2, 0) is 0 Å². The van der Waals surface area contributed by atoms with Crippen LogP contribution in [0, 0.1) is 0 Å². The summed E-state index contributed by atoms with van der Waals surface area (Å²) in [6.07, 6.45) is 1.64. The monoisotopic (exact) mass is 256 g/mol. The first-order chi connectivity index (χ1) is 9.31. The van der Waals surface area contributed by atoms with Gasteiger partial charge in [0.05, 0.1) is 12.7 Å². The largest absolute Gasteiger partial charge is 0.496 e.